The zero-order chi connectivity index (χ0) is 12.2. The van der Waals surface area contributed by atoms with Crippen LogP contribution in [-0.2, 0) is 11.0 Å². The lowest BCUT2D eigenvalue weighted by Gasteiger charge is -2.05. The van der Waals surface area contributed by atoms with Gasteiger partial charge in [0.2, 0.25) is 0 Å². The van der Waals surface area contributed by atoms with E-state index in [4.69, 9.17) is 5.11 Å². The highest BCUT2D eigenvalue weighted by atomic mass is 19.4. The van der Waals surface area contributed by atoms with E-state index in [0.717, 1.165) is 12.3 Å². The maximum Gasteiger partial charge on any atom is 0.433 e. The maximum absolute atomic E-state index is 12.2. The van der Waals surface area contributed by atoms with Crippen LogP contribution < -0.4 is 0 Å². The molecule has 0 unspecified atom stereocenters. The minimum atomic E-state index is -4.49. The Morgan fingerprint density at radius 3 is 2.75 bits per heavy atom. The normalized spacial score (nSPS) is 11.9. The predicted molar refractivity (Wildman–Crippen MR) is 50.5 cm³/mol. The lowest BCUT2D eigenvalue weighted by atomic mass is 10.2. The number of rotatable bonds is 3. The molecule has 0 bridgehead atoms. The van der Waals surface area contributed by atoms with Crippen molar-refractivity contribution in [1.82, 2.24) is 4.98 Å². The second kappa shape index (κ2) is 4.78. The quantitative estimate of drug-likeness (QED) is 0.869. The minimum Gasteiger partial charge on any atom is -0.481 e. The first-order valence-electron chi connectivity index (χ1n) is 4.31. The summed E-state index contributed by atoms with van der Waals surface area (Å²) in [5.74, 6) is -1.04. The number of hydrogen-bond donors (Lipinski definition) is 1. The summed E-state index contributed by atoms with van der Waals surface area (Å²) >= 11 is 0. The Labute approximate surface area is 89.2 Å². The topological polar surface area (TPSA) is 50.2 Å². The molecule has 0 radical (unpaired) electrons. The van der Waals surface area contributed by atoms with Crippen LogP contribution in [0.4, 0.5) is 13.2 Å². The van der Waals surface area contributed by atoms with Crippen molar-refractivity contribution < 1.29 is 23.1 Å². The van der Waals surface area contributed by atoms with Crippen molar-refractivity contribution in [2.24, 2.45) is 0 Å². The van der Waals surface area contributed by atoms with Gasteiger partial charge in [0.1, 0.15) is 5.69 Å². The van der Waals surface area contributed by atoms with Gasteiger partial charge >= 0.3 is 12.1 Å². The van der Waals surface area contributed by atoms with Crippen molar-refractivity contribution in [2.75, 3.05) is 0 Å². The van der Waals surface area contributed by atoms with Gasteiger partial charge in [0.15, 0.2) is 0 Å². The molecule has 1 heterocycles. The molecule has 0 aliphatic carbocycles. The van der Waals surface area contributed by atoms with Gasteiger partial charge in [-0.15, -0.1) is 0 Å². The minimum absolute atomic E-state index is 0.232. The Hall–Kier alpha value is -1.85. The van der Waals surface area contributed by atoms with Gasteiger partial charge in [-0.3, -0.25) is 9.78 Å². The summed E-state index contributed by atoms with van der Waals surface area (Å²) in [6.07, 6.45) is -1.10. The third kappa shape index (κ3) is 3.72. The van der Waals surface area contributed by atoms with E-state index < -0.39 is 17.8 Å². The molecule has 0 fully saturated rings. The average Bonchev–Trinajstić information content (AvgIpc) is 2.16. The third-order valence-electron chi connectivity index (χ3n) is 1.68. The number of halogens is 3. The second-order valence-corrected chi connectivity index (χ2v) is 2.97. The summed E-state index contributed by atoms with van der Waals surface area (Å²) in [7, 11) is 0. The Morgan fingerprint density at radius 1 is 1.50 bits per heavy atom. The average molecular weight is 231 g/mol. The van der Waals surface area contributed by atoms with Gasteiger partial charge in [0.05, 0.1) is 6.42 Å². The fourth-order valence-electron chi connectivity index (χ4n) is 1.00. The Kier molecular flexibility index (Phi) is 3.65. The summed E-state index contributed by atoms with van der Waals surface area (Å²) in [6, 6.07) is 2.23. The van der Waals surface area contributed by atoms with E-state index in [9.17, 15) is 18.0 Å². The van der Waals surface area contributed by atoms with Crippen LogP contribution in [-0.4, -0.2) is 16.1 Å². The number of aromatic nitrogens is 1. The van der Waals surface area contributed by atoms with Crippen LogP contribution in [0.2, 0.25) is 0 Å². The van der Waals surface area contributed by atoms with Crippen molar-refractivity contribution >= 4 is 12.0 Å². The summed E-state index contributed by atoms with van der Waals surface area (Å²) in [4.78, 5) is 13.4. The van der Waals surface area contributed by atoms with Crippen LogP contribution in [0.25, 0.3) is 6.08 Å². The van der Waals surface area contributed by atoms with Crippen LogP contribution in [0.1, 0.15) is 17.7 Å². The van der Waals surface area contributed by atoms with Crippen molar-refractivity contribution in [3.05, 3.63) is 35.7 Å². The predicted octanol–water partition coefficient (Wildman–Crippen LogP) is 2.59. The molecule has 0 aliphatic heterocycles. The number of hydrogen-bond acceptors (Lipinski definition) is 2. The van der Waals surface area contributed by atoms with E-state index in [1.54, 1.807) is 0 Å². The van der Waals surface area contributed by atoms with Crippen LogP contribution in [0.5, 0.6) is 0 Å². The molecule has 1 N–H and O–H groups in total. The molecule has 0 aromatic carbocycles. The van der Waals surface area contributed by atoms with Crippen LogP contribution in [0.3, 0.4) is 0 Å². The standard InChI is InChI=1S/C10H8F3NO2/c11-10(12,13)8-6-7(4-5-14-8)2-1-3-9(15)16/h1-2,4-6H,3H2,(H,15,16). The van der Waals surface area contributed by atoms with Gasteiger partial charge in [0, 0.05) is 6.20 Å². The van der Waals surface area contributed by atoms with Gasteiger partial charge in [-0.2, -0.15) is 13.2 Å². The largest absolute Gasteiger partial charge is 0.481 e. The molecular formula is C10H8F3NO2. The van der Waals surface area contributed by atoms with E-state index in [1.165, 1.54) is 18.2 Å². The number of carboxylic acid groups (broad SMARTS) is 1. The molecule has 6 heteroatoms. The van der Waals surface area contributed by atoms with E-state index in [-0.39, 0.29) is 12.0 Å². The number of carbonyl (C=O) groups is 1. The molecule has 3 nitrogen and oxygen atoms in total. The highest BCUT2D eigenvalue weighted by molar-refractivity contribution is 5.70. The molecule has 0 aliphatic rings. The fraction of sp³-hybridized carbons (Fsp3) is 0.200. The first-order chi connectivity index (χ1) is 7.39. The Bertz CT molecular complexity index is 413. The van der Waals surface area contributed by atoms with Gasteiger partial charge in [-0.05, 0) is 17.7 Å². The summed E-state index contributed by atoms with van der Waals surface area (Å²) in [6.45, 7) is 0. The van der Waals surface area contributed by atoms with E-state index >= 15 is 0 Å². The lowest BCUT2D eigenvalue weighted by molar-refractivity contribution is -0.141. The van der Waals surface area contributed by atoms with E-state index in [0.29, 0.717) is 0 Å². The van der Waals surface area contributed by atoms with Crippen LogP contribution in [0, 0.1) is 0 Å². The highest BCUT2D eigenvalue weighted by Crippen LogP contribution is 2.27. The first kappa shape index (κ1) is 12.2. The molecule has 0 saturated heterocycles. The molecule has 1 aromatic heterocycles. The molecule has 0 atom stereocenters. The highest BCUT2D eigenvalue weighted by Gasteiger charge is 2.32. The first-order valence-corrected chi connectivity index (χ1v) is 4.31. The zero-order valence-corrected chi connectivity index (χ0v) is 8.03. The molecular weight excluding hydrogens is 223 g/mol. The zero-order valence-electron chi connectivity index (χ0n) is 8.03. The second-order valence-electron chi connectivity index (χ2n) is 2.97. The number of aliphatic carboxylic acids is 1. The van der Waals surface area contributed by atoms with Gasteiger partial charge in [0.25, 0.3) is 0 Å². The molecule has 1 aromatic rings. The van der Waals surface area contributed by atoms with Crippen LogP contribution >= 0.6 is 0 Å². The number of nitrogens with zero attached hydrogens (tertiary/aromatic N) is 1. The number of pyridine rings is 1. The lowest BCUT2D eigenvalue weighted by Crippen LogP contribution is -2.07. The van der Waals surface area contributed by atoms with Gasteiger partial charge < -0.3 is 5.11 Å². The van der Waals surface area contributed by atoms with Crippen LogP contribution in [0.15, 0.2) is 24.4 Å². The molecule has 86 valence electrons. The van der Waals surface area contributed by atoms with Crippen molar-refractivity contribution in [2.45, 2.75) is 12.6 Å². The third-order valence-corrected chi connectivity index (χ3v) is 1.68. The van der Waals surface area contributed by atoms with E-state index in [1.807, 2.05) is 0 Å². The van der Waals surface area contributed by atoms with E-state index in [2.05, 4.69) is 4.98 Å². The van der Waals surface area contributed by atoms with Gasteiger partial charge in [-0.25, -0.2) is 0 Å². The monoisotopic (exact) mass is 231 g/mol. The Balaban J connectivity index is 2.83. The summed E-state index contributed by atoms with van der Waals surface area (Å²) in [5, 5.41) is 8.33. The fourth-order valence-corrected chi connectivity index (χ4v) is 1.00. The molecule has 0 amide bonds. The maximum atomic E-state index is 12.2. The SMILES string of the molecule is O=C(O)CC=Cc1ccnc(C(F)(F)F)c1. The number of alkyl halides is 3. The van der Waals surface area contributed by atoms with Gasteiger partial charge in [-0.1, -0.05) is 12.2 Å². The molecule has 0 spiro atoms. The van der Waals surface area contributed by atoms with Crippen molar-refractivity contribution in [1.29, 1.82) is 0 Å². The molecule has 0 saturated carbocycles. The summed E-state index contributed by atoms with van der Waals surface area (Å²) in [5.41, 5.74) is -0.728. The molecule has 16 heavy (non-hydrogen) atoms. The Morgan fingerprint density at radius 2 is 2.19 bits per heavy atom. The number of carboxylic acids is 1. The van der Waals surface area contributed by atoms with Crippen molar-refractivity contribution in [3.8, 4) is 0 Å². The summed E-state index contributed by atoms with van der Waals surface area (Å²) < 4.78 is 36.7. The smallest absolute Gasteiger partial charge is 0.433 e. The molecule has 1 rings (SSSR count). The van der Waals surface area contributed by atoms with Crippen molar-refractivity contribution in [3.63, 3.8) is 0 Å².